The predicted octanol–water partition coefficient (Wildman–Crippen LogP) is 5.08. The number of rotatable bonds is 8. The summed E-state index contributed by atoms with van der Waals surface area (Å²) in [5.74, 6) is 1.85. The number of aromatic hydroxyl groups is 1. The van der Waals surface area contributed by atoms with E-state index in [1.54, 1.807) is 49.6 Å². The van der Waals surface area contributed by atoms with Crippen LogP contribution in [-0.4, -0.2) is 46.4 Å². The summed E-state index contributed by atoms with van der Waals surface area (Å²) in [6.07, 6.45) is 0. The lowest BCUT2D eigenvalue weighted by Crippen LogP contribution is -2.05. The fourth-order valence-corrected chi connectivity index (χ4v) is 3.82. The Hall–Kier alpha value is -4.33. The first-order valence-corrected chi connectivity index (χ1v) is 10.3. The minimum Gasteiger partial charge on any atom is -0.504 e. The maximum absolute atomic E-state index is 13.9. The Labute approximate surface area is 196 Å². The van der Waals surface area contributed by atoms with Gasteiger partial charge in [0.2, 0.25) is 5.75 Å². The van der Waals surface area contributed by atoms with Crippen LogP contribution in [0.4, 0.5) is 0 Å². The number of ketones is 1. The predicted molar refractivity (Wildman–Crippen MR) is 126 cm³/mol. The first-order valence-electron chi connectivity index (χ1n) is 10.3. The number of phenols is 1. The molecule has 4 rings (SSSR count). The van der Waals surface area contributed by atoms with E-state index in [1.165, 1.54) is 34.5 Å². The number of ether oxygens (including phenoxy) is 5. The molecule has 0 saturated heterocycles. The van der Waals surface area contributed by atoms with E-state index in [-0.39, 0.29) is 11.5 Å². The van der Waals surface area contributed by atoms with Gasteiger partial charge in [-0.3, -0.25) is 4.79 Å². The molecule has 0 aliphatic rings. The van der Waals surface area contributed by atoms with E-state index >= 15 is 0 Å². The second kappa shape index (κ2) is 9.27. The number of fused-ring (bicyclic) bond motifs is 1. The number of carbonyl (C=O) groups excluding carboxylic acids is 1. The van der Waals surface area contributed by atoms with E-state index in [2.05, 4.69) is 0 Å². The highest BCUT2D eigenvalue weighted by Gasteiger charge is 2.26. The molecule has 1 N–H and O–H groups in total. The van der Waals surface area contributed by atoms with Gasteiger partial charge in [-0.2, -0.15) is 0 Å². The summed E-state index contributed by atoms with van der Waals surface area (Å²) >= 11 is 0. The lowest BCUT2D eigenvalue weighted by atomic mass is 9.96. The Bertz CT molecular complexity index is 1340. The number of furan rings is 1. The molecule has 8 heteroatoms. The normalized spacial score (nSPS) is 10.7. The van der Waals surface area contributed by atoms with E-state index in [9.17, 15) is 9.90 Å². The van der Waals surface area contributed by atoms with Gasteiger partial charge in [-0.05, 0) is 42.5 Å². The van der Waals surface area contributed by atoms with Gasteiger partial charge in [0.1, 0.15) is 17.1 Å². The van der Waals surface area contributed by atoms with Gasteiger partial charge in [0, 0.05) is 22.6 Å². The first-order chi connectivity index (χ1) is 16.4. The molecule has 4 aromatic rings. The zero-order valence-electron chi connectivity index (χ0n) is 19.4. The molecule has 34 heavy (non-hydrogen) atoms. The van der Waals surface area contributed by atoms with E-state index in [1.807, 2.05) is 0 Å². The smallest absolute Gasteiger partial charge is 0.203 e. The minimum absolute atomic E-state index is 0.0794. The van der Waals surface area contributed by atoms with Crippen molar-refractivity contribution in [2.24, 2.45) is 0 Å². The molecule has 1 heterocycles. The standard InChI is InChI=1S/C26H24O8/c1-29-16-7-8-17-20(13-16)34-25(14-6-9-19(30-2)18(27)10-14)23(17)24(28)15-11-21(31-3)26(33-5)22(12-15)32-4/h6-13,27H,1-5H3. The van der Waals surface area contributed by atoms with Crippen molar-refractivity contribution in [2.45, 2.75) is 0 Å². The van der Waals surface area contributed by atoms with Crippen molar-refractivity contribution >= 4 is 16.8 Å². The van der Waals surface area contributed by atoms with Crippen LogP contribution < -0.4 is 23.7 Å². The van der Waals surface area contributed by atoms with Crippen molar-refractivity contribution in [1.82, 2.24) is 0 Å². The lowest BCUT2D eigenvalue weighted by Gasteiger charge is -2.14. The molecule has 0 fully saturated rings. The van der Waals surface area contributed by atoms with E-state index in [0.717, 1.165) is 0 Å². The summed E-state index contributed by atoms with van der Waals surface area (Å²) in [5, 5.41) is 10.9. The minimum atomic E-state index is -0.325. The van der Waals surface area contributed by atoms with Crippen LogP contribution in [0.15, 0.2) is 52.9 Å². The van der Waals surface area contributed by atoms with Gasteiger partial charge in [-0.1, -0.05) is 0 Å². The molecule has 0 unspecified atom stereocenters. The van der Waals surface area contributed by atoms with Gasteiger partial charge in [0.05, 0.1) is 41.1 Å². The Balaban J connectivity index is 1.97. The zero-order chi connectivity index (χ0) is 24.4. The summed E-state index contributed by atoms with van der Waals surface area (Å²) in [6, 6.07) is 13.2. The highest BCUT2D eigenvalue weighted by Crippen LogP contribution is 2.42. The molecule has 0 amide bonds. The molecule has 3 aromatic carbocycles. The van der Waals surface area contributed by atoms with Crippen LogP contribution in [0.2, 0.25) is 0 Å². The highest BCUT2D eigenvalue weighted by molar-refractivity contribution is 6.20. The quantitative estimate of drug-likeness (QED) is 0.361. The number of benzene rings is 3. The monoisotopic (exact) mass is 464 g/mol. The maximum atomic E-state index is 13.9. The molecule has 0 spiro atoms. The summed E-state index contributed by atoms with van der Waals surface area (Å²) in [7, 11) is 7.47. The molecule has 8 nitrogen and oxygen atoms in total. The van der Waals surface area contributed by atoms with Crippen LogP contribution in [0.1, 0.15) is 15.9 Å². The molecule has 176 valence electrons. The molecule has 0 bridgehead atoms. The average molecular weight is 464 g/mol. The summed E-state index contributed by atoms with van der Waals surface area (Å²) in [5.41, 5.74) is 1.59. The molecule has 0 aliphatic heterocycles. The second-order valence-corrected chi connectivity index (χ2v) is 7.30. The molecular weight excluding hydrogens is 440 g/mol. The van der Waals surface area contributed by atoms with Crippen LogP contribution in [0.3, 0.4) is 0 Å². The molecular formula is C26H24O8. The van der Waals surface area contributed by atoms with Crippen molar-refractivity contribution in [1.29, 1.82) is 0 Å². The van der Waals surface area contributed by atoms with Crippen LogP contribution in [-0.2, 0) is 0 Å². The van der Waals surface area contributed by atoms with Crippen molar-refractivity contribution in [3.05, 3.63) is 59.7 Å². The van der Waals surface area contributed by atoms with Crippen molar-refractivity contribution in [3.8, 4) is 45.8 Å². The van der Waals surface area contributed by atoms with Gasteiger partial charge in [0.25, 0.3) is 0 Å². The van der Waals surface area contributed by atoms with E-state index < -0.39 is 0 Å². The van der Waals surface area contributed by atoms with Gasteiger partial charge in [0.15, 0.2) is 28.8 Å². The third kappa shape index (κ3) is 3.83. The number of hydrogen-bond acceptors (Lipinski definition) is 8. The molecule has 1 aromatic heterocycles. The SMILES string of the molecule is COc1ccc2c(C(=O)c3cc(OC)c(OC)c(OC)c3)c(-c3ccc(OC)c(O)c3)oc2c1. The van der Waals surface area contributed by atoms with Gasteiger partial charge in [-0.15, -0.1) is 0 Å². The third-order valence-corrected chi connectivity index (χ3v) is 5.49. The average Bonchev–Trinajstić information content (AvgIpc) is 3.25. The van der Waals surface area contributed by atoms with Gasteiger partial charge >= 0.3 is 0 Å². The van der Waals surface area contributed by atoms with E-state index in [4.69, 9.17) is 28.1 Å². The molecule has 0 atom stereocenters. The summed E-state index contributed by atoms with van der Waals surface area (Å²) in [6.45, 7) is 0. The molecule has 0 aliphatic carbocycles. The number of methoxy groups -OCH3 is 5. The molecule has 0 saturated carbocycles. The number of hydrogen-bond donors (Lipinski definition) is 1. The Morgan fingerprint density at radius 1 is 0.765 bits per heavy atom. The Morgan fingerprint density at radius 2 is 1.44 bits per heavy atom. The van der Waals surface area contributed by atoms with Crippen molar-refractivity contribution in [2.75, 3.05) is 35.5 Å². The largest absolute Gasteiger partial charge is 0.504 e. The van der Waals surface area contributed by atoms with Gasteiger partial charge < -0.3 is 33.2 Å². The maximum Gasteiger partial charge on any atom is 0.203 e. The Kier molecular flexibility index (Phi) is 6.23. The van der Waals surface area contributed by atoms with Crippen LogP contribution >= 0.6 is 0 Å². The summed E-state index contributed by atoms with van der Waals surface area (Å²) < 4.78 is 32.8. The van der Waals surface area contributed by atoms with Crippen molar-refractivity contribution < 1.29 is 38.0 Å². The fraction of sp³-hybridized carbons (Fsp3) is 0.192. The number of phenolic OH excluding ortho intramolecular Hbond substituents is 1. The van der Waals surface area contributed by atoms with Gasteiger partial charge in [-0.25, -0.2) is 0 Å². The fourth-order valence-electron chi connectivity index (χ4n) is 3.82. The Morgan fingerprint density at radius 3 is 2.00 bits per heavy atom. The lowest BCUT2D eigenvalue weighted by molar-refractivity contribution is 0.103. The summed E-state index contributed by atoms with van der Waals surface area (Å²) in [4.78, 5) is 13.9. The van der Waals surface area contributed by atoms with Crippen molar-refractivity contribution in [3.63, 3.8) is 0 Å². The number of carbonyl (C=O) groups is 1. The van der Waals surface area contributed by atoms with Crippen LogP contribution in [0.5, 0.6) is 34.5 Å². The first kappa shape index (κ1) is 22.8. The second-order valence-electron chi connectivity index (χ2n) is 7.30. The van der Waals surface area contributed by atoms with Crippen LogP contribution in [0.25, 0.3) is 22.3 Å². The molecule has 0 radical (unpaired) electrons. The highest BCUT2D eigenvalue weighted by atomic mass is 16.5. The zero-order valence-corrected chi connectivity index (χ0v) is 19.4. The third-order valence-electron chi connectivity index (χ3n) is 5.49. The van der Waals surface area contributed by atoms with Crippen LogP contribution in [0, 0.1) is 0 Å². The van der Waals surface area contributed by atoms with E-state index in [0.29, 0.717) is 62.2 Å². The topological polar surface area (TPSA) is 96.6 Å².